The minimum atomic E-state index is -4.23. The van der Waals surface area contributed by atoms with Gasteiger partial charge in [0.25, 0.3) is 0 Å². The Balaban J connectivity index is 2.48. The van der Waals surface area contributed by atoms with Crippen LogP contribution in [0.2, 0.25) is 0 Å². The monoisotopic (exact) mass is 375 g/mol. The SMILES string of the molecule is COC1CCn2c(cc(C(F)(F)F)c2I(C)C)C1. The first-order valence-electron chi connectivity index (χ1n) is 5.67. The first kappa shape index (κ1) is 14.2. The molecule has 104 valence electrons. The summed E-state index contributed by atoms with van der Waals surface area (Å²) in [4.78, 5) is 3.92. The van der Waals surface area contributed by atoms with Crippen molar-refractivity contribution in [2.75, 3.05) is 17.0 Å². The molecule has 2 heterocycles. The number of hydrogen-bond acceptors (Lipinski definition) is 1. The third-order valence-corrected chi connectivity index (χ3v) is 6.43. The van der Waals surface area contributed by atoms with Crippen molar-refractivity contribution in [3.8, 4) is 0 Å². The molecular weight excluding hydrogens is 358 g/mol. The van der Waals surface area contributed by atoms with Crippen LogP contribution in [0, 0.1) is 3.70 Å². The molecule has 1 unspecified atom stereocenters. The van der Waals surface area contributed by atoms with Crippen LogP contribution < -0.4 is 0 Å². The van der Waals surface area contributed by atoms with Crippen LogP contribution in [0.4, 0.5) is 13.2 Å². The van der Waals surface area contributed by atoms with E-state index in [0.29, 0.717) is 16.7 Å². The standard InChI is InChI=1S/C12H17F3INO/c1-16(2)11-10(12(13,14)15)7-8-6-9(18-3)4-5-17(8)11/h7,9H,4-6H2,1-3H3. The van der Waals surface area contributed by atoms with Crippen LogP contribution in [-0.4, -0.2) is 27.6 Å². The minimum absolute atomic E-state index is 0.0531. The van der Waals surface area contributed by atoms with Crippen molar-refractivity contribution < 1.29 is 17.9 Å². The van der Waals surface area contributed by atoms with Crippen molar-refractivity contribution in [3.05, 3.63) is 21.0 Å². The molecule has 1 aromatic heterocycles. The normalized spacial score (nSPS) is 20.8. The predicted octanol–water partition coefficient (Wildman–Crippen LogP) is 3.40. The van der Waals surface area contributed by atoms with Gasteiger partial charge in [0.05, 0.1) is 0 Å². The summed E-state index contributed by atoms with van der Waals surface area (Å²) in [7, 11) is 1.62. The zero-order valence-corrected chi connectivity index (χ0v) is 12.8. The predicted molar refractivity (Wildman–Crippen MR) is 73.1 cm³/mol. The molecule has 0 N–H and O–H groups in total. The van der Waals surface area contributed by atoms with Crippen LogP contribution in [0.15, 0.2) is 6.07 Å². The molecule has 18 heavy (non-hydrogen) atoms. The maximum atomic E-state index is 13.1. The molecule has 0 amide bonds. The van der Waals surface area contributed by atoms with Crippen LogP contribution in [0.1, 0.15) is 17.7 Å². The quantitative estimate of drug-likeness (QED) is 0.571. The summed E-state index contributed by atoms with van der Waals surface area (Å²) in [5.74, 6) is 0. The number of aromatic nitrogens is 1. The van der Waals surface area contributed by atoms with Crippen LogP contribution in [0.5, 0.6) is 0 Å². The van der Waals surface area contributed by atoms with Crippen molar-refractivity contribution in [1.82, 2.24) is 4.57 Å². The van der Waals surface area contributed by atoms with Gasteiger partial charge >= 0.3 is 112 Å². The van der Waals surface area contributed by atoms with Crippen molar-refractivity contribution in [3.63, 3.8) is 0 Å². The molecule has 0 radical (unpaired) electrons. The van der Waals surface area contributed by atoms with Gasteiger partial charge in [-0.25, -0.2) is 0 Å². The van der Waals surface area contributed by atoms with Gasteiger partial charge in [-0.3, -0.25) is 0 Å². The van der Waals surface area contributed by atoms with Gasteiger partial charge in [0.15, 0.2) is 0 Å². The van der Waals surface area contributed by atoms with E-state index in [-0.39, 0.29) is 6.10 Å². The van der Waals surface area contributed by atoms with E-state index in [9.17, 15) is 13.2 Å². The first-order valence-corrected chi connectivity index (χ1v) is 11.1. The maximum absolute atomic E-state index is 13.1. The number of rotatable bonds is 2. The summed E-state index contributed by atoms with van der Waals surface area (Å²) in [6.07, 6.45) is -2.79. The Morgan fingerprint density at radius 1 is 1.39 bits per heavy atom. The van der Waals surface area contributed by atoms with Crippen LogP contribution >= 0.6 is 19.8 Å². The van der Waals surface area contributed by atoms with Gasteiger partial charge in [-0.15, -0.1) is 0 Å². The summed E-state index contributed by atoms with van der Waals surface area (Å²) in [6, 6.07) is 1.33. The van der Waals surface area contributed by atoms with Crippen molar-refractivity contribution in [2.45, 2.75) is 31.7 Å². The number of hydrogen-bond donors (Lipinski definition) is 0. The van der Waals surface area contributed by atoms with Crippen LogP contribution in [-0.2, 0) is 23.9 Å². The average molecular weight is 375 g/mol. The van der Waals surface area contributed by atoms with Gasteiger partial charge in [0.1, 0.15) is 0 Å². The topological polar surface area (TPSA) is 14.2 Å². The van der Waals surface area contributed by atoms with E-state index < -0.39 is 31.6 Å². The number of ether oxygens (including phenoxy) is 1. The molecule has 2 rings (SSSR count). The second-order valence-corrected chi connectivity index (χ2v) is 9.93. The first-order chi connectivity index (χ1) is 8.34. The van der Waals surface area contributed by atoms with Crippen molar-refractivity contribution in [2.24, 2.45) is 0 Å². The fraction of sp³-hybridized carbons (Fsp3) is 0.667. The Kier molecular flexibility index (Phi) is 3.96. The van der Waals surface area contributed by atoms with E-state index in [0.717, 1.165) is 12.1 Å². The summed E-state index contributed by atoms with van der Waals surface area (Å²) in [5.41, 5.74) is 0.367. The van der Waals surface area contributed by atoms with E-state index in [1.54, 1.807) is 7.11 Å². The summed E-state index contributed by atoms with van der Waals surface area (Å²) in [5, 5.41) is 0. The average Bonchev–Trinajstić information content (AvgIpc) is 2.66. The zero-order valence-electron chi connectivity index (χ0n) is 10.6. The van der Waals surface area contributed by atoms with Gasteiger partial charge < -0.3 is 0 Å². The van der Waals surface area contributed by atoms with Crippen LogP contribution in [0.25, 0.3) is 0 Å². The summed E-state index contributed by atoms with van der Waals surface area (Å²) >= 11 is -1.69. The van der Waals surface area contributed by atoms with E-state index in [1.807, 2.05) is 14.4 Å². The van der Waals surface area contributed by atoms with Gasteiger partial charge in [-0.05, 0) is 0 Å². The molecule has 0 saturated heterocycles. The molecule has 1 aromatic rings. The van der Waals surface area contributed by atoms with Gasteiger partial charge in [-0.2, -0.15) is 0 Å². The summed E-state index contributed by atoms with van der Waals surface area (Å²) < 4.78 is 46.9. The van der Waals surface area contributed by atoms with E-state index in [1.165, 1.54) is 6.07 Å². The Morgan fingerprint density at radius 3 is 2.56 bits per heavy atom. The molecule has 2 nitrogen and oxygen atoms in total. The van der Waals surface area contributed by atoms with E-state index in [4.69, 9.17) is 4.74 Å². The summed E-state index contributed by atoms with van der Waals surface area (Å²) in [6.45, 7) is 0.648. The molecule has 0 spiro atoms. The molecule has 0 aromatic carbocycles. The zero-order chi connectivity index (χ0) is 13.5. The van der Waals surface area contributed by atoms with E-state index in [2.05, 4.69) is 0 Å². The Labute approximate surface area is 112 Å². The molecule has 1 aliphatic rings. The number of halogens is 4. The van der Waals surface area contributed by atoms with Gasteiger partial charge in [-0.1, -0.05) is 0 Å². The molecule has 0 fully saturated rings. The van der Waals surface area contributed by atoms with Gasteiger partial charge in [0.2, 0.25) is 0 Å². The Morgan fingerprint density at radius 2 is 2.06 bits per heavy atom. The van der Waals surface area contributed by atoms with Gasteiger partial charge in [0, 0.05) is 0 Å². The molecule has 0 saturated carbocycles. The number of methoxy groups -OCH3 is 1. The van der Waals surface area contributed by atoms with Crippen molar-refractivity contribution in [1.29, 1.82) is 0 Å². The second kappa shape index (κ2) is 5.03. The second-order valence-electron chi connectivity index (χ2n) is 4.60. The van der Waals surface area contributed by atoms with Crippen LogP contribution in [0.3, 0.4) is 0 Å². The molecular formula is C12H17F3INO. The van der Waals surface area contributed by atoms with Crippen molar-refractivity contribution >= 4 is 19.8 Å². The third kappa shape index (κ3) is 2.54. The molecule has 1 aliphatic heterocycles. The number of fused-ring (bicyclic) bond motifs is 1. The molecule has 0 aliphatic carbocycles. The Hall–Kier alpha value is -0.240. The fourth-order valence-electron chi connectivity index (χ4n) is 2.40. The number of nitrogens with zero attached hydrogens (tertiary/aromatic N) is 1. The Bertz CT molecular complexity index is 439. The molecule has 1 atom stereocenters. The molecule has 6 heteroatoms. The number of alkyl halides is 5. The fourth-order valence-corrected chi connectivity index (χ4v) is 5.74. The molecule has 0 bridgehead atoms. The third-order valence-electron chi connectivity index (χ3n) is 3.23. The van der Waals surface area contributed by atoms with E-state index >= 15 is 0 Å².